The van der Waals surface area contributed by atoms with Gasteiger partial charge in [0.25, 0.3) is 5.56 Å². The third-order valence-corrected chi connectivity index (χ3v) is 5.69. The van der Waals surface area contributed by atoms with Crippen LogP contribution < -0.4 is 20.7 Å². The maximum atomic E-state index is 14.9. The van der Waals surface area contributed by atoms with Crippen LogP contribution in [0.3, 0.4) is 0 Å². The summed E-state index contributed by atoms with van der Waals surface area (Å²) in [5, 5.41) is 19.7. The molecule has 0 radical (unpaired) electrons. The lowest BCUT2D eigenvalue weighted by Crippen LogP contribution is -2.41. The Kier molecular flexibility index (Phi) is 6.89. The van der Waals surface area contributed by atoms with E-state index in [-0.39, 0.29) is 32.3 Å². The van der Waals surface area contributed by atoms with Crippen molar-refractivity contribution in [2.75, 3.05) is 0 Å². The molecule has 39 heavy (non-hydrogen) atoms. The van der Waals surface area contributed by atoms with Gasteiger partial charge in [0.1, 0.15) is 34.8 Å². The van der Waals surface area contributed by atoms with Gasteiger partial charge in [-0.05, 0) is 48.0 Å². The molecule has 0 amide bonds. The summed E-state index contributed by atoms with van der Waals surface area (Å²) in [6.45, 7) is 1.38. The molecule has 3 aromatic carbocycles. The Balaban J connectivity index is 1.75. The molecular formula is C26H17F4N3O6. The van der Waals surface area contributed by atoms with Crippen LogP contribution in [-0.2, 0) is 18.0 Å². The fraction of sp³-hybridized carbons (Fsp3) is 0.154. The number of nitriles is 1. The van der Waals surface area contributed by atoms with E-state index in [2.05, 4.69) is 0 Å². The molecule has 1 unspecified atom stereocenters. The summed E-state index contributed by atoms with van der Waals surface area (Å²) in [5.74, 6) is -2.14. The van der Waals surface area contributed by atoms with Crippen molar-refractivity contribution in [3.8, 4) is 29.0 Å². The monoisotopic (exact) mass is 543 g/mol. The first-order valence-corrected chi connectivity index (χ1v) is 11.1. The van der Waals surface area contributed by atoms with Crippen molar-refractivity contribution in [1.82, 2.24) is 9.13 Å². The van der Waals surface area contributed by atoms with E-state index in [1.54, 1.807) is 30.3 Å². The van der Waals surface area contributed by atoms with Crippen molar-refractivity contribution in [1.29, 1.82) is 5.26 Å². The predicted molar refractivity (Wildman–Crippen MR) is 129 cm³/mol. The number of alkyl halides is 3. The molecule has 4 rings (SSSR count). The molecule has 13 heteroatoms. The Bertz CT molecular complexity index is 1790. The average Bonchev–Trinajstić information content (AvgIpc) is 2.87. The van der Waals surface area contributed by atoms with Crippen LogP contribution in [0.15, 0.2) is 64.2 Å². The van der Waals surface area contributed by atoms with Crippen LogP contribution in [0.4, 0.5) is 17.6 Å². The Labute approximate surface area is 216 Å². The first-order valence-electron chi connectivity index (χ1n) is 11.1. The molecule has 0 fully saturated rings. The minimum Gasteiger partial charge on any atom is -0.479 e. The van der Waals surface area contributed by atoms with Crippen LogP contribution >= 0.6 is 0 Å². The van der Waals surface area contributed by atoms with Crippen LogP contribution in [-0.4, -0.2) is 26.3 Å². The summed E-state index contributed by atoms with van der Waals surface area (Å²) in [4.78, 5) is 36.1. The molecule has 1 N–H and O–H groups in total. The largest absolute Gasteiger partial charge is 0.479 e. The molecule has 0 saturated heterocycles. The molecule has 0 bridgehead atoms. The van der Waals surface area contributed by atoms with E-state index in [4.69, 9.17) is 14.6 Å². The topological polar surface area (TPSA) is 124 Å². The number of carbonyl (C=O) groups is 1. The highest BCUT2D eigenvalue weighted by molar-refractivity contribution is 5.85. The van der Waals surface area contributed by atoms with Gasteiger partial charge in [-0.1, -0.05) is 12.1 Å². The second-order valence-electron chi connectivity index (χ2n) is 8.33. The van der Waals surface area contributed by atoms with Crippen molar-refractivity contribution in [2.45, 2.75) is 19.2 Å². The lowest BCUT2D eigenvalue weighted by Gasteiger charge is -2.16. The van der Waals surface area contributed by atoms with Gasteiger partial charge in [0.05, 0.1) is 11.3 Å². The van der Waals surface area contributed by atoms with E-state index in [1.165, 1.54) is 19.1 Å². The van der Waals surface area contributed by atoms with Crippen LogP contribution in [0.25, 0.3) is 16.5 Å². The number of carboxylic acid groups (broad SMARTS) is 1. The number of aliphatic carboxylic acids is 1. The normalized spacial score (nSPS) is 12.1. The molecule has 1 aromatic heterocycles. The van der Waals surface area contributed by atoms with E-state index >= 15 is 0 Å². The van der Waals surface area contributed by atoms with Crippen LogP contribution in [0.2, 0.25) is 0 Å². The summed E-state index contributed by atoms with van der Waals surface area (Å²) in [7, 11) is 0.786. The fourth-order valence-corrected chi connectivity index (χ4v) is 3.73. The third-order valence-electron chi connectivity index (χ3n) is 5.69. The van der Waals surface area contributed by atoms with Gasteiger partial charge in [-0.25, -0.2) is 18.5 Å². The summed E-state index contributed by atoms with van der Waals surface area (Å²) >= 11 is 0. The number of carboxylic acids is 1. The third kappa shape index (κ3) is 5.30. The van der Waals surface area contributed by atoms with Crippen molar-refractivity contribution in [3.05, 3.63) is 92.5 Å². The predicted octanol–water partition coefficient (Wildman–Crippen LogP) is 4.36. The summed E-state index contributed by atoms with van der Waals surface area (Å²) in [5.41, 5.74) is -5.41. The number of benzene rings is 3. The van der Waals surface area contributed by atoms with Gasteiger partial charge in [0.2, 0.25) is 0 Å². The Morgan fingerprint density at radius 1 is 1.03 bits per heavy atom. The molecule has 1 atom stereocenters. The van der Waals surface area contributed by atoms with Gasteiger partial charge >= 0.3 is 17.8 Å². The number of fused-ring (bicyclic) bond motifs is 1. The van der Waals surface area contributed by atoms with Crippen molar-refractivity contribution in [2.24, 2.45) is 7.05 Å². The molecule has 0 spiro atoms. The molecule has 0 saturated carbocycles. The van der Waals surface area contributed by atoms with Gasteiger partial charge < -0.3 is 14.6 Å². The molecule has 0 aliphatic carbocycles. The number of rotatable bonds is 6. The minimum atomic E-state index is -5.00. The summed E-state index contributed by atoms with van der Waals surface area (Å²) in [6, 6.07) is 12.9. The Hall–Kier alpha value is -5.12. The number of nitrogens with zero attached hydrogens (tertiary/aromatic N) is 3. The quantitative estimate of drug-likeness (QED) is 0.359. The zero-order chi connectivity index (χ0) is 28.6. The van der Waals surface area contributed by atoms with Crippen LogP contribution in [0.1, 0.15) is 18.2 Å². The highest BCUT2D eigenvalue weighted by Gasteiger charge is 2.35. The molecule has 200 valence electrons. The molecule has 0 aliphatic rings. The van der Waals surface area contributed by atoms with Crippen molar-refractivity contribution >= 4 is 16.7 Å². The smallest absolute Gasteiger partial charge is 0.431 e. The molecular weight excluding hydrogens is 526 g/mol. The van der Waals surface area contributed by atoms with E-state index < -0.39 is 46.7 Å². The van der Waals surface area contributed by atoms with E-state index in [1.807, 2.05) is 0 Å². The van der Waals surface area contributed by atoms with Gasteiger partial charge in [0.15, 0.2) is 6.10 Å². The van der Waals surface area contributed by atoms with Gasteiger partial charge in [0, 0.05) is 19.2 Å². The standard InChI is InChI=1S/C26H17F4N3O6/c1-13(24(35)36)38-17-5-3-15-8-18(6-4-14(15)7-17)39-21-10-20(19(27)9-16(21)12-31)33-23(34)11-22(26(28,29)30)32(2)25(33)37/h3-11,13H,1-2H3,(H,35,36). The molecule has 0 aliphatic heterocycles. The second-order valence-corrected chi connectivity index (χ2v) is 8.33. The first-order chi connectivity index (χ1) is 18.3. The summed E-state index contributed by atoms with van der Waals surface area (Å²) in [6.07, 6.45) is -6.07. The Morgan fingerprint density at radius 3 is 2.23 bits per heavy atom. The molecule has 4 aromatic rings. The van der Waals surface area contributed by atoms with Gasteiger partial charge in [-0.15, -0.1) is 0 Å². The van der Waals surface area contributed by atoms with Gasteiger partial charge in [-0.3, -0.25) is 9.36 Å². The lowest BCUT2D eigenvalue weighted by molar-refractivity contribution is -0.144. The maximum absolute atomic E-state index is 14.9. The lowest BCUT2D eigenvalue weighted by atomic mass is 10.1. The minimum absolute atomic E-state index is 0.164. The number of aromatic nitrogens is 2. The highest BCUT2D eigenvalue weighted by Crippen LogP contribution is 2.32. The number of hydrogen-bond acceptors (Lipinski definition) is 6. The SMILES string of the molecule is CC(Oc1ccc2cc(Oc3cc(-n4c(=O)cc(C(F)(F)F)n(C)c4=O)c(F)cc3C#N)ccc2c1)C(=O)O. The fourth-order valence-electron chi connectivity index (χ4n) is 3.73. The number of halogens is 4. The van der Waals surface area contributed by atoms with Crippen LogP contribution in [0, 0.1) is 17.1 Å². The van der Waals surface area contributed by atoms with Crippen molar-refractivity contribution < 1.29 is 36.9 Å². The van der Waals surface area contributed by atoms with Gasteiger partial charge in [-0.2, -0.15) is 18.4 Å². The maximum Gasteiger partial charge on any atom is 0.431 e. The highest BCUT2D eigenvalue weighted by atomic mass is 19.4. The summed E-state index contributed by atoms with van der Waals surface area (Å²) < 4.78 is 65.9. The second kappa shape index (κ2) is 9.97. The first kappa shape index (κ1) is 26.9. The Morgan fingerprint density at radius 2 is 1.64 bits per heavy atom. The zero-order valence-electron chi connectivity index (χ0n) is 20.1. The molecule has 1 heterocycles. The van der Waals surface area contributed by atoms with E-state index in [0.29, 0.717) is 22.6 Å². The average molecular weight is 543 g/mol. The van der Waals surface area contributed by atoms with Crippen LogP contribution in [0.5, 0.6) is 17.2 Å². The molecule has 9 nitrogen and oxygen atoms in total. The number of ether oxygens (including phenoxy) is 2. The van der Waals surface area contributed by atoms with E-state index in [9.17, 15) is 37.2 Å². The zero-order valence-corrected chi connectivity index (χ0v) is 20.1. The van der Waals surface area contributed by atoms with Crippen molar-refractivity contribution in [3.63, 3.8) is 0 Å². The number of hydrogen-bond donors (Lipinski definition) is 1. The van der Waals surface area contributed by atoms with E-state index in [0.717, 1.165) is 13.1 Å².